The molecule has 45 heavy (non-hydrogen) atoms. The monoisotopic (exact) mass is 648 g/mol. The molecule has 3 atom stereocenters. The molecule has 4 nitrogen and oxygen atoms in total. The maximum atomic E-state index is 13.6. The van der Waals surface area contributed by atoms with E-state index in [1.165, 1.54) is 42.4 Å². The average Bonchev–Trinajstić information content (AvgIpc) is 3.09. The van der Waals surface area contributed by atoms with Crippen LogP contribution >= 0.6 is 11.6 Å². The zero-order chi connectivity index (χ0) is 33.5. The van der Waals surface area contributed by atoms with Crippen molar-refractivity contribution in [1.82, 2.24) is 10.2 Å². The number of hydrogen-bond donors (Lipinski definition) is 1. The van der Waals surface area contributed by atoms with E-state index in [4.69, 9.17) is 11.6 Å². The first kappa shape index (κ1) is 41.3. The number of alkyl halides is 2. The lowest BCUT2D eigenvalue weighted by atomic mass is 9.92. The number of carbonyl (C=O) groups is 1. The fourth-order valence-electron chi connectivity index (χ4n) is 6.24. The Morgan fingerprint density at radius 2 is 1.67 bits per heavy atom. The van der Waals surface area contributed by atoms with Gasteiger partial charge in [-0.2, -0.15) is 0 Å². The van der Waals surface area contributed by atoms with E-state index in [0.717, 1.165) is 76.9 Å². The van der Waals surface area contributed by atoms with E-state index in [-0.39, 0.29) is 11.3 Å². The maximum Gasteiger partial charge on any atom is 0.220 e. The molecule has 0 bridgehead atoms. The van der Waals surface area contributed by atoms with Gasteiger partial charge in [0.15, 0.2) is 0 Å². The minimum absolute atomic E-state index is 0.0947. The van der Waals surface area contributed by atoms with Gasteiger partial charge in [-0.05, 0) is 107 Å². The molecular formula is C39H66ClFN2O2. The van der Waals surface area contributed by atoms with Gasteiger partial charge in [-0.25, -0.2) is 4.39 Å². The Bertz CT molecular complexity index is 957. The Labute approximate surface area is 281 Å². The molecule has 6 heteroatoms. The normalized spacial score (nSPS) is 24.3. The number of aryl methyl sites for hydroxylation is 1. The van der Waals surface area contributed by atoms with Crippen LogP contribution in [0.15, 0.2) is 53.6 Å². The summed E-state index contributed by atoms with van der Waals surface area (Å²) in [4.78, 5) is 14.9. The number of nitrogens with one attached hydrogen (secondary N) is 1. The third kappa shape index (κ3) is 19.5. The number of carbonyl (C=O) groups excluding carboxylic acids is 1. The van der Waals surface area contributed by atoms with Crippen LogP contribution in [0.25, 0.3) is 0 Å². The summed E-state index contributed by atoms with van der Waals surface area (Å²) >= 11 is 6.13. The summed E-state index contributed by atoms with van der Waals surface area (Å²) in [6, 6.07) is 10.7. The quantitative estimate of drug-likeness (QED) is 0.285. The lowest BCUT2D eigenvalue weighted by Crippen LogP contribution is -2.36. The molecule has 1 aromatic rings. The van der Waals surface area contributed by atoms with Gasteiger partial charge in [-0.3, -0.25) is 4.79 Å². The summed E-state index contributed by atoms with van der Waals surface area (Å²) in [6.45, 7) is 14.2. The van der Waals surface area contributed by atoms with Crippen LogP contribution in [0.5, 0.6) is 0 Å². The van der Waals surface area contributed by atoms with Crippen LogP contribution < -0.4 is 5.32 Å². The predicted octanol–water partition coefficient (Wildman–Crippen LogP) is 10.1. The molecule has 0 spiro atoms. The van der Waals surface area contributed by atoms with Gasteiger partial charge in [0.1, 0.15) is 5.67 Å². The van der Waals surface area contributed by atoms with Gasteiger partial charge in [0.05, 0.1) is 5.38 Å². The number of piperidine rings is 1. The van der Waals surface area contributed by atoms with Crippen molar-refractivity contribution < 1.29 is 13.9 Å². The summed E-state index contributed by atoms with van der Waals surface area (Å²) in [6.07, 6.45) is 17.8. The highest BCUT2D eigenvalue weighted by molar-refractivity contribution is 6.22. The van der Waals surface area contributed by atoms with Crippen molar-refractivity contribution >= 4 is 17.5 Å². The highest BCUT2D eigenvalue weighted by Crippen LogP contribution is 2.30. The van der Waals surface area contributed by atoms with Crippen molar-refractivity contribution in [1.29, 1.82) is 0 Å². The zero-order valence-electron chi connectivity index (χ0n) is 29.8. The zero-order valence-corrected chi connectivity index (χ0v) is 30.6. The van der Waals surface area contributed by atoms with Crippen molar-refractivity contribution in [2.45, 2.75) is 129 Å². The molecule has 0 aromatic heterocycles. The molecule has 1 heterocycles. The second-order valence-corrected chi connectivity index (χ2v) is 13.8. The molecule has 1 saturated carbocycles. The number of allylic oxidation sites excluding steroid dienone is 2. The third-order valence-corrected chi connectivity index (χ3v) is 9.31. The minimum atomic E-state index is -0.871. The first-order valence-electron chi connectivity index (χ1n) is 17.8. The molecule has 2 fully saturated rings. The lowest BCUT2D eigenvalue weighted by molar-refractivity contribution is -0.122. The van der Waals surface area contributed by atoms with Gasteiger partial charge >= 0.3 is 0 Å². The number of nitrogens with zero attached hydrogens (tertiary/aromatic N) is 1. The number of methoxy groups -OCH3 is 1. The van der Waals surface area contributed by atoms with Crippen molar-refractivity contribution in [3.05, 3.63) is 59.2 Å². The Morgan fingerprint density at radius 3 is 2.31 bits per heavy atom. The fourth-order valence-corrected chi connectivity index (χ4v) is 6.52. The molecule has 1 saturated heterocycles. The molecule has 258 valence electrons. The van der Waals surface area contributed by atoms with Crippen molar-refractivity contribution in [3.63, 3.8) is 0 Å². The molecule has 3 aliphatic rings. The van der Waals surface area contributed by atoms with Gasteiger partial charge in [-0.1, -0.05) is 95.4 Å². The van der Waals surface area contributed by atoms with Crippen LogP contribution in [0.4, 0.5) is 4.39 Å². The standard InChI is InChI=1S/C24H33ClN2O.C11H21F.C2H6O.C2H6/c1-19-16-23(25)10-9-22(19)18-26-24(28)17-21-11-14-27(15-12-21)13-5-8-20-6-3-2-4-7-20;1-10-6-3-4-8-11(2,12)9-5-7-10;1-3-2;1-2/h2-4,6-7,9,16,21,23H,5,8,10-15,17-18H2,1H3,(H,26,28);10H,3-9H2,1-2H3;1-2H3;1-2H3. The topological polar surface area (TPSA) is 41.6 Å². The van der Waals surface area contributed by atoms with Crippen LogP contribution in [0.3, 0.4) is 0 Å². The SMILES string of the molecule is CC.CC1=CC(Cl)CC=C1CNC(=O)CC1CCN(CCCc2ccccc2)CC1.CC1CCCCC(C)(F)CCC1.COC. The highest BCUT2D eigenvalue weighted by Gasteiger charge is 2.24. The van der Waals surface area contributed by atoms with E-state index >= 15 is 0 Å². The summed E-state index contributed by atoms with van der Waals surface area (Å²) in [5.74, 6) is 1.53. The third-order valence-electron chi connectivity index (χ3n) is 9.01. The van der Waals surface area contributed by atoms with E-state index in [1.807, 2.05) is 13.8 Å². The van der Waals surface area contributed by atoms with Crippen LogP contribution in [-0.4, -0.2) is 62.3 Å². The summed E-state index contributed by atoms with van der Waals surface area (Å²) in [5.41, 5.74) is 2.95. The number of halogens is 2. The van der Waals surface area contributed by atoms with Gasteiger partial charge in [0, 0.05) is 27.2 Å². The van der Waals surface area contributed by atoms with Crippen molar-refractivity contribution in [2.24, 2.45) is 11.8 Å². The average molecular weight is 649 g/mol. The Morgan fingerprint density at radius 1 is 1.04 bits per heavy atom. The molecule has 1 amide bonds. The second kappa shape index (κ2) is 24.5. The summed E-state index contributed by atoms with van der Waals surface area (Å²) in [7, 11) is 3.25. The largest absolute Gasteiger partial charge is 0.388 e. The van der Waals surface area contributed by atoms with Gasteiger partial charge in [0.25, 0.3) is 0 Å². The summed E-state index contributed by atoms with van der Waals surface area (Å²) < 4.78 is 17.9. The number of benzene rings is 1. The molecule has 4 rings (SSSR count). The van der Waals surface area contributed by atoms with Crippen LogP contribution in [-0.2, 0) is 16.0 Å². The smallest absolute Gasteiger partial charge is 0.220 e. The van der Waals surface area contributed by atoms with E-state index in [0.29, 0.717) is 18.9 Å². The van der Waals surface area contributed by atoms with E-state index in [9.17, 15) is 9.18 Å². The molecule has 2 aliphatic carbocycles. The van der Waals surface area contributed by atoms with E-state index in [2.05, 4.69) is 71.3 Å². The first-order valence-corrected chi connectivity index (χ1v) is 18.2. The fraction of sp³-hybridized carbons (Fsp3) is 0.718. The molecule has 1 aromatic carbocycles. The van der Waals surface area contributed by atoms with E-state index in [1.54, 1.807) is 21.1 Å². The number of ether oxygens (including phenoxy) is 1. The predicted molar refractivity (Wildman–Crippen MR) is 193 cm³/mol. The van der Waals surface area contributed by atoms with Crippen LogP contribution in [0.2, 0.25) is 0 Å². The van der Waals surface area contributed by atoms with Crippen molar-refractivity contribution in [2.75, 3.05) is 40.4 Å². The highest BCUT2D eigenvalue weighted by atomic mass is 35.5. The molecule has 3 unspecified atom stereocenters. The number of rotatable bonds is 8. The number of likely N-dealkylation sites (tertiary alicyclic amines) is 1. The minimum Gasteiger partial charge on any atom is -0.388 e. The molecular weight excluding hydrogens is 583 g/mol. The van der Waals surface area contributed by atoms with Gasteiger partial charge < -0.3 is 15.0 Å². The van der Waals surface area contributed by atoms with Crippen molar-refractivity contribution in [3.8, 4) is 0 Å². The lowest BCUT2D eigenvalue weighted by Gasteiger charge is -2.31. The first-order chi connectivity index (χ1) is 21.6. The van der Waals surface area contributed by atoms with Crippen LogP contribution in [0, 0.1) is 11.8 Å². The summed E-state index contributed by atoms with van der Waals surface area (Å²) in [5, 5.41) is 3.20. The molecule has 1 N–H and O–H groups in total. The van der Waals surface area contributed by atoms with Crippen LogP contribution in [0.1, 0.15) is 117 Å². The van der Waals surface area contributed by atoms with E-state index < -0.39 is 5.67 Å². The number of amides is 1. The molecule has 0 radical (unpaired) electrons. The maximum absolute atomic E-state index is 13.6. The van der Waals surface area contributed by atoms with Gasteiger partial charge in [-0.15, -0.1) is 11.6 Å². The Balaban J connectivity index is 0.000000495. The molecule has 1 aliphatic heterocycles. The van der Waals surface area contributed by atoms with Gasteiger partial charge in [0.2, 0.25) is 5.91 Å². The Hall–Kier alpha value is -1.69. The number of hydrogen-bond acceptors (Lipinski definition) is 3. The second-order valence-electron chi connectivity index (χ2n) is 13.3. The Kier molecular flexibility index (Phi) is 22.5.